The standard InChI is InChI=1S/C22H26FN3O2.ClH/c1-17-21(27)26(20-5-3-2-4-6-20)16-22(28-17)10-13-25(14-11-22)12-9-19-8-7-18(23)15-24-19;/h2-8,15,17H,9-14,16H2,1H3;1H. The number of para-hydroxylation sites is 1. The number of rotatable bonds is 4. The van der Waals surface area contributed by atoms with Crippen LogP contribution in [0.2, 0.25) is 0 Å². The minimum absolute atomic E-state index is 0. The Hall–Kier alpha value is -2.02. The van der Waals surface area contributed by atoms with Crippen molar-refractivity contribution in [3.63, 3.8) is 0 Å². The van der Waals surface area contributed by atoms with Gasteiger partial charge in [-0.3, -0.25) is 9.78 Å². The largest absolute Gasteiger partial charge is 0.360 e. The number of carbonyl (C=O) groups excluding carboxylic acids is 1. The van der Waals surface area contributed by atoms with Crippen molar-refractivity contribution in [2.24, 2.45) is 0 Å². The van der Waals surface area contributed by atoms with Crippen molar-refractivity contribution in [2.45, 2.75) is 37.9 Å². The summed E-state index contributed by atoms with van der Waals surface area (Å²) in [6.07, 6.45) is 3.44. The molecule has 1 aromatic carbocycles. The molecule has 4 rings (SSSR count). The Labute approximate surface area is 177 Å². The van der Waals surface area contributed by atoms with E-state index in [-0.39, 0.29) is 29.7 Å². The molecule has 5 nitrogen and oxygen atoms in total. The fourth-order valence-electron chi connectivity index (χ4n) is 4.16. The van der Waals surface area contributed by atoms with Crippen molar-refractivity contribution in [1.82, 2.24) is 9.88 Å². The Morgan fingerprint density at radius 1 is 1.17 bits per heavy atom. The third-order valence-electron chi connectivity index (χ3n) is 5.79. The summed E-state index contributed by atoms with van der Waals surface area (Å²) in [5.74, 6) is -0.272. The molecule has 1 atom stereocenters. The molecule has 2 aliphatic heterocycles. The Morgan fingerprint density at radius 3 is 2.55 bits per heavy atom. The van der Waals surface area contributed by atoms with Crippen LogP contribution < -0.4 is 4.90 Å². The predicted octanol–water partition coefficient (Wildman–Crippen LogP) is 3.47. The molecule has 0 saturated carbocycles. The maximum atomic E-state index is 13.0. The van der Waals surface area contributed by atoms with E-state index in [1.54, 1.807) is 6.07 Å². The van der Waals surface area contributed by atoms with Crippen LogP contribution in [-0.2, 0) is 16.0 Å². The first-order valence-electron chi connectivity index (χ1n) is 9.92. The minimum atomic E-state index is -0.427. The van der Waals surface area contributed by atoms with E-state index < -0.39 is 6.10 Å². The topological polar surface area (TPSA) is 45.7 Å². The summed E-state index contributed by atoms with van der Waals surface area (Å²) in [6, 6.07) is 13.0. The number of nitrogens with zero attached hydrogens (tertiary/aromatic N) is 3. The van der Waals surface area contributed by atoms with Gasteiger partial charge in [0, 0.05) is 37.4 Å². The normalized spacial score (nSPS) is 21.8. The van der Waals surface area contributed by atoms with Crippen LogP contribution >= 0.6 is 12.4 Å². The highest BCUT2D eigenvalue weighted by atomic mass is 35.5. The van der Waals surface area contributed by atoms with Gasteiger partial charge in [-0.15, -0.1) is 12.4 Å². The Kier molecular flexibility index (Phi) is 6.88. The number of ether oxygens (including phenoxy) is 1. The lowest BCUT2D eigenvalue weighted by molar-refractivity contribution is -0.161. The van der Waals surface area contributed by atoms with Crippen LogP contribution in [-0.4, -0.2) is 53.7 Å². The Balaban J connectivity index is 0.00000240. The van der Waals surface area contributed by atoms with Crippen molar-refractivity contribution >= 4 is 24.0 Å². The van der Waals surface area contributed by atoms with Crippen LogP contribution in [0, 0.1) is 5.82 Å². The highest BCUT2D eigenvalue weighted by molar-refractivity contribution is 5.97. The van der Waals surface area contributed by atoms with Gasteiger partial charge in [0.25, 0.3) is 5.91 Å². The monoisotopic (exact) mass is 419 g/mol. The predicted molar refractivity (Wildman–Crippen MR) is 113 cm³/mol. The molecule has 1 aromatic heterocycles. The fraction of sp³-hybridized carbons (Fsp3) is 0.455. The lowest BCUT2D eigenvalue weighted by atomic mass is 9.88. The summed E-state index contributed by atoms with van der Waals surface area (Å²) in [6.45, 7) is 5.19. The zero-order valence-corrected chi connectivity index (χ0v) is 17.4. The number of hydrogen-bond acceptors (Lipinski definition) is 4. The smallest absolute Gasteiger partial charge is 0.255 e. The molecule has 3 heterocycles. The Morgan fingerprint density at radius 2 is 1.90 bits per heavy atom. The molecule has 0 bridgehead atoms. The molecule has 0 N–H and O–H groups in total. The molecule has 0 aliphatic carbocycles. The maximum absolute atomic E-state index is 13.0. The van der Waals surface area contributed by atoms with Gasteiger partial charge in [0.05, 0.1) is 18.3 Å². The second kappa shape index (κ2) is 9.20. The number of morpholine rings is 1. The van der Waals surface area contributed by atoms with Crippen molar-refractivity contribution in [1.29, 1.82) is 0 Å². The third kappa shape index (κ3) is 4.94. The van der Waals surface area contributed by atoms with Gasteiger partial charge in [0.2, 0.25) is 0 Å². The van der Waals surface area contributed by atoms with Crippen LogP contribution in [0.5, 0.6) is 0 Å². The molecule has 1 unspecified atom stereocenters. The van der Waals surface area contributed by atoms with Crippen molar-refractivity contribution in [2.75, 3.05) is 31.1 Å². The van der Waals surface area contributed by atoms with Crippen molar-refractivity contribution in [3.8, 4) is 0 Å². The first-order chi connectivity index (χ1) is 13.5. The lowest BCUT2D eigenvalue weighted by Gasteiger charge is -2.49. The molecule has 2 aliphatic rings. The summed E-state index contributed by atoms with van der Waals surface area (Å²) >= 11 is 0. The maximum Gasteiger partial charge on any atom is 0.255 e. The van der Waals surface area contributed by atoms with E-state index in [0.717, 1.165) is 50.3 Å². The number of amides is 1. The molecule has 2 aromatic rings. The van der Waals surface area contributed by atoms with Crippen molar-refractivity contribution < 1.29 is 13.9 Å². The molecule has 1 spiro atoms. The molecule has 1 amide bonds. The molecule has 7 heteroatoms. The molecule has 29 heavy (non-hydrogen) atoms. The number of pyridine rings is 1. The molecule has 156 valence electrons. The van der Waals surface area contributed by atoms with Crippen LogP contribution in [0.4, 0.5) is 10.1 Å². The van der Waals surface area contributed by atoms with Crippen molar-refractivity contribution in [3.05, 3.63) is 60.2 Å². The second-order valence-electron chi connectivity index (χ2n) is 7.76. The van der Waals surface area contributed by atoms with Crippen LogP contribution in [0.25, 0.3) is 0 Å². The molecular weight excluding hydrogens is 393 g/mol. The molecule has 0 radical (unpaired) electrons. The SMILES string of the molecule is CC1OC2(CCN(CCc3ccc(F)cn3)CC2)CN(c2ccccc2)C1=O.Cl. The third-order valence-corrected chi connectivity index (χ3v) is 5.79. The van der Waals surface area contributed by atoms with Gasteiger partial charge in [0.15, 0.2) is 0 Å². The number of piperidine rings is 1. The second-order valence-corrected chi connectivity index (χ2v) is 7.76. The van der Waals surface area contributed by atoms with E-state index >= 15 is 0 Å². The zero-order valence-electron chi connectivity index (χ0n) is 16.6. The van der Waals surface area contributed by atoms with E-state index in [1.807, 2.05) is 42.2 Å². The van der Waals surface area contributed by atoms with Crippen LogP contribution in [0.15, 0.2) is 48.7 Å². The lowest BCUT2D eigenvalue weighted by Crippen LogP contribution is -2.61. The summed E-state index contributed by atoms with van der Waals surface area (Å²) < 4.78 is 19.2. The fourth-order valence-corrected chi connectivity index (χ4v) is 4.16. The van der Waals surface area contributed by atoms with Gasteiger partial charge >= 0.3 is 0 Å². The quantitative estimate of drug-likeness (QED) is 0.761. The van der Waals surface area contributed by atoms with E-state index in [2.05, 4.69) is 9.88 Å². The highest BCUT2D eigenvalue weighted by Gasteiger charge is 2.45. The number of halogens is 2. The summed E-state index contributed by atoms with van der Waals surface area (Å²) in [5.41, 5.74) is 1.56. The zero-order chi connectivity index (χ0) is 19.6. The Bertz CT molecular complexity index is 811. The van der Waals surface area contributed by atoms with Gasteiger partial charge in [-0.25, -0.2) is 4.39 Å². The summed E-state index contributed by atoms with van der Waals surface area (Å²) in [7, 11) is 0. The molecular formula is C22H27ClFN3O2. The average Bonchev–Trinajstić information content (AvgIpc) is 2.72. The van der Waals surface area contributed by atoms with Gasteiger partial charge in [-0.05, 0) is 44.0 Å². The van der Waals surface area contributed by atoms with E-state index in [4.69, 9.17) is 4.74 Å². The van der Waals surface area contributed by atoms with Gasteiger partial charge in [-0.1, -0.05) is 18.2 Å². The van der Waals surface area contributed by atoms with E-state index in [0.29, 0.717) is 6.54 Å². The molecule has 2 saturated heterocycles. The number of hydrogen-bond donors (Lipinski definition) is 0. The number of benzene rings is 1. The van der Waals surface area contributed by atoms with Gasteiger partial charge < -0.3 is 14.5 Å². The van der Waals surface area contributed by atoms with E-state index in [9.17, 15) is 9.18 Å². The average molecular weight is 420 g/mol. The highest BCUT2D eigenvalue weighted by Crippen LogP contribution is 2.34. The van der Waals surface area contributed by atoms with Gasteiger partial charge in [0.1, 0.15) is 11.9 Å². The van der Waals surface area contributed by atoms with Crippen LogP contribution in [0.3, 0.4) is 0 Å². The number of anilines is 1. The molecule has 2 fully saturated rings. The number of likely N-dealkylation sites (tertiary alicyclic amines) is 1. The van der Waals surface area contributed by atoms with Crippen LogP contribution in [0.1, 0.15) is 25.5 Å². The van der Waals surface area contributed by atoms with Gasteiger partial charge in [-0.2, -0.15) is 0 Å². The number of aromatic nitrogens is 1. The van der Waals surface area contributed by atoms with E-state index in [1.165, 1.54) is 12.3 Å². The minimum Gasteiger partial charge on any atom is -0.360 e. The first-order valence-corrected chi connectivity index (χ1v) is 9.92. The summed E-state index contributed by atoms with van der Waals surface area (Å²) in [4.78, 5) is 21.1. The summed E-state index contributed by atoms with van der Waals surface area (Å²) in [5, 5.41) is 0. The first kappa shape index (κ1) is 21.7. The number of carbonyl (C=O) groups is 1.